The van der Waals surface area contributed by atoms with Crippen LogP contribution in [-0.4, -0.2) is 34.7 Å². The molecule has 0 atom stereocenters. The first-order chi connectivity index (χ1) is 12.3. The van der Waals surface area contributed by atoms with Crippen molar-refractivity contribution in [2.75, 3.05) is 11.9 Å². The zero-order valence-electron chi connectivity index (χ0n) is 14.4. The number of rotatable bonds is 7. The standard InChI is InChI=1S/C19H19NO6/c1-11-8-14(17(19(24)25)12(2)16(11)18(22)23)20-15(21)10-26-9-13-6-4-3-5-7-13/h3-8H,9-10H2,1-2H3,(H,20,21)(H,22,23)(H,24,25). The van der Waals surface area contributed by atoms with E-state index in [9.17, 15) is 24.6 Å². The molecule has 0 spiro atoms. The van der Waals surface area contributed by atoms with E-state index >= 15 is 0 Å². The lowest BCUT2D eigenvalue weighted by molar-refractivity contribution is -0.121. The van der Waals surface area contributed by atoms with E-state index in [0.717, 1.165) is 5.56 Å². The Hall–Kier alpha value is -3.19. The maximum Gasteiger partial charge on any atom is 0.338 e. The Morgan fingerprint density at radius 3 is 2.19 bits per heavy atom. The molecule has 0 heterocycles. The Balaban J connectivity index is 2.14. The van der Waals surface area contributed by atoms with E-state index in [2.05, 4.69) is 5.32 Å². The number of carbonyl (C=O) groups excluding carboxylic acids is 1. The van der Waals surface area contributed by atoms with Crippen LogP contribution in [0, 0.1) is 13.8 Å². The van der Waals surface area contributed by atoms with Crippen molar-refractivity contribution in [3.63, 3.8) is 0 Å². The smallest absolute Gasteiger partial charge is 0.338 e. The van der Waals surface area contributed by atoms with Crippen molar-refractivity contribution in [2.45, 2.75) is 20.5 Å². The van der Waals surface area contributed by atoms with Crippen molar-refractivity contribution in [2.24, 2.45) is 0 Å². The first-order valence-electron chi connectivity index (χ1n) is 7.83. The van der Waals surface area contributed by atoms with Crippen molar-refractivity contribution in [3.05, 3.63) is 64.2 Å². The number of hydrogen-bond acceptors (Lipinski definition) is 4. The molecule has 3 N–H and O–H groups in total. The van der Waals surface area contributed by atoms with Gasteiger partial charge in [-0.05, 0) is 36.6 Å². The first-order valence-corrected chi connectivity index (χ1v) is 7.83. The number of hydrogen-bond donors (Lipinski definition) is 3. The Kier molecular flexibility index (Phi) is 6.08. The van der Waals surface area contributed by atoms with Crippen LogP contribution >= 0.6 is 0 Å². The SMILES string of the molecule is Cc1cc(NC(=O)COCc2ccccc2)c(C(=O)O)c(C)c1C(=O)O. The van der Waals surface area contributed by atoms with Crippen LogP contribution in [0.15, 0.2) is 36.4 Å². The van der Waals surface area contributed by atoms with E-state index in [1.807, 2.05) is 30.3 Å². The van der Waals surface area contributed by atoms with Crippen LogP contribution < -0.4 is 5.32 Å². The number of aryl methyl sites for hydroxylation is 1. The molecule has 0 unspecified atom stereocenters. The second-order valence-electron chi connectivity index (χ2n) is 5.75. The van der Waals surface area contributed by atoms with Gasteiger partial charge in [-0.2, -0.15) is 0 Å². The van der Waals surface area contributed by atoms with Crippen LogP contribution in [-0.2, 0) is 16.1 Å². The minimum atomic E-state index is -1.31. The lowest BCUT2D eigenvalue weighted by atomic mass is 9.95. The lowest BCUT2D eigenvalue weighted by Crippen LogP contribution is -2.21. The summed E-state index contributed by atoms with van der Waals surface area (Å²) in [6.45, 7) is 2.94. The van der Waals surface area contributed by atoms with E-state index in [-0.39, 0.29) is 35.6 Å². The third-order valence-corrected chi connectivity index (χ3v) is 3.82. The predicted octanol–water partition coefficient (Wildman–Crippen LogP) is 2.86. The molecule has 0 aliphatic carbocycles. The summed E-state index contributed by atoms with van der Waals surface area (Å²) in [7, 11) is 0. The number of aromatic carboxylic acids is 2. The van der Waals surface area contributed by atoms with Gasteiger partial charge in [-0.3, -0.25) is 4.79 Å². The Bertz CT molecular complexity index is 845. The lowest BCUT2D eigenvalue weighted by Gasteiger charge is -2.15. The molecule has 0 aromatic heterocycles. The van der Waals surface area contributed by atoms with Gasteiger partial charge in [0.1, 0.15) is 6.61 Å². The van der Waals surface area contributed by atoms with Gasteiger partial charge in [0.25, 0.3) is 0 Å². The molecule has 2 aromatic rings. The molecule has 0 fully saturated rings. The fourth-order valence-electron chi connectivity index (χ4n) is 2.71. The maximum atomic E-state index is 12.1. The third kappa shape index (κ3) is 4.46. The van der Waals surface area contributed by atoms with E-state index < -0.39 is 17.8 Å². The summed E-state index contributed by atoms with van der Waals surface area (Å²) in [5, 5.41) is 21.1. The number of nitrogens with one attached hydrogen (secondary N) is 1. The second kappa shape index (κ2) is 8.26. The van der Waals surface area contributed by atoms with E-state index in [1.54, 1.807) is 6.92 Å². The van der Waals surface area contributed by atoms with Crippen LogP contribution in [0.3, 0.4) is 0 Å². The van der Waals surface area contributed by atoms with Gasteiger partial charge in [-0.25, -0.2) is 9.59 Å². The van der Waals surface area contributed by atoms with Gasteiger partial charge >= 0.3 is 11.9 Å². The van der Waals surface area contributed by atoms with Crippen molar-refractivity contribution in [1.29, 1.82) is 0 Å². The van der Waals surface area contributed by atoms with E-state index in [0.29, 0.717) is 5.56 Å². The topological polar surface area (TPSA) is 113 Å². The number of ether oxygens (including phenoxy) is 1. The van der Waals surface area contributed by atoms with Crippen LogP contribution in [0.4, 0.5) is 5.69 Å². The van der Waals surface area contributed by atoms with Gasteiger partial charge < -0.3 is 20.3 Å². The van der Waals surface area contributed by atoms with Gasteiger partial charge in [-0.15, -0.1) is 0 Å². The van der Waals surface area contributed by atoms with Crippen molar-refractivity contribution in [1.82, 2.24) is 0 Å². The molecule has 136 valence electrons. The molecule has 0 saturated heterocycles. The zero-order chi connectivity index (χ0) is 19.3. The molecule has 2 rings (SSSR count). The molecule has 2 aromatic carbocycles. The van der Waals surface area contributed by atoms with Crippen LogP contribution in [0.5, 0.6) is 0 Å². The number of carbonyl (C=O) groups is 3. The number of amides is 1. The van der Waals surface area contributed by atoms with E-state index in [4.69, 9.17) is 4.74 Å². The summed E-state index contributed by atoms with van der Waals surface area (Å²) in [5.74, 6) is -3.05. The molecule has 7 nitrogen and oxygen atoms in total. The Labute approximate surface area is 150 Å². The highest BCUT2D eigenvalue weighted by atomic mass is 16.5. The normalized spacial score (nSPS) is 10.4. The number of benzene rings is 2. The molecular weight excluding hydrogens is 338 g/mol. The van der Waals surface area contributed by atoms with Crippen LogP contribution in [0.2, 0.25) is 0 Å². The minimum Gasteiger partial charge on any atom is -0.478 e. The fraction of sp³-hybridized carbons (Fsp3) is 0.211. The zero-order valence-corrected chi connectivity index (χ0v) is 14.4. The predicted molar refractivity (Wildman–Crippen MR) is 94.6 cm³/mol. The maximum absolute atomic E-state index is 12.1. The molecule has 26 heavy (non-hydrogen) atoms. The Morgan fingerprint density at radius 1 is 1.00 bits per heavy atom. The van der Waals surface area contributed by atoms with Gasteiger partial charge in [-0.1, -0.05) is 30.3 Å². The molecule has 1 amide bonds. The number of carboxylic acids is 2. The molecular formula is C19H19NO6. The van der Waals surface area contributed by atoms with Crippen molar-refractivity contribution < 1.29 is 29.3 Å². The van der Waals surface area contributed by atoms with Crippen molar-refractivity contribution >= 4 is 23.5 Å². The van der Waals surface area contributed by atoms with E-state index in [1.165, 1.54) is 13.0 Å². The summed E-state index contributed by atoms with van der Waals surface area (Å²) < 4.78 is 5.32. The molecule has 0 bridgehead atoms. The Morgan fingerprint density at radius 2 is 1.62 bits per heavy atom. The molecule has 0 aliphatic rings. The summed E-state index contributed by atoms with van der Waals surface area (Å²) in [5.41, 5.74) is 1.07. The molecule has 0 radical (unpaired) electrons. The fourth-order valence-corrected chi connectivity index (χ4v) is 2.71. The summed E-state index contributed by atoms with van der Waals surface area (Å²) in [4.78, 5) is 34.9. The minimum absolute atomic E-state index is 0.0470. The van der Waals surface area contributed by atoms with Gasteiger partial charge in [0, 0.05) is 0 Å². The van der Waals surface area contributed by atoms with Crippen molar-refractivity contribution in [3.8, 4) is 0 Å². The second-order valence-corrected chi connectivity index (χ2v) is 5.75. The largest absolute Gasteiger partial charge is 0.478 e. The van der Waals surface area contributed by atoms with Gasteiger partial charge in [0.2, 0.25) is 5.91 Å². The summed E-state index contributed by atoms with van der Waals surface area (Å²) in [6, 6.07) is 10.6. The highest BCUT2D eigenvalue weighted by molar-refractivity contribution is 6.05. The van der Waals surface area contributed by atoms with Crippen LogP contribution in [0.25, 0.3) is 0 Å². The quantitative estimate of drug-likeness (QED) is 0.702. The average molecular weight is 357 g/mol. The highest BCUT2D eigenvalue weighted by Gasteiger charge is 2.23. The summed E-state index contributed by atoms with van der Waals surface area (Å²) in [6.07, 6.45) is 0. The third-order valence-electron chi connectivity index (χ3n) is 3.82. The number of carboxylic acid groups (broad SMARTS) is 2. The molecule has 0 saturated carbocycles. The first kappa shape index (κ1) is 19.1. The summed E-state index contributed by atoms with van der Waals surface area (Å²) >= 11 is 0. The van der Waals surface area contributed by atoms with Gasteiger partial charge in [0.05, 0.1) is 23.4 Å². The van der Waals surface area contributed by atoms with Crippen LogP contribution in [0.1, 0.15) is 37.4 Å². The number of anilines is 1. The monoisotopic (exact) mass is 357 g/mol. The molecule has 0 aliphatic heterocycles. The van der Waals surface area contributed by atoms with Gasteiger partial charge in [0.15, 0.2) is 0 Å². The molecule has 7 heteroatoms. The highest BCUT2D eigenvalue weighted by Crippen LogP contribution is 2.27. The average Bonchev–Trinajstić information content (AvgIpc) is 2.54.